The fourth-order valence-corrected chi connectivity index (χ4v) is 3.85. The summed E-state index contributed by atoms with van der Waals surface area (Å²) in [5.41, 5.74) is 5.66. The van der Waals surface area contributed by atoms with Crippen LogP contribution in [-0.4, -0.2) is 89.3 Å². The van der Waals surface area contributed by atoms with E-state index >= 15 is 0 Å². The Hall–Kier alpha value is -1.38. The second kappa shape index (κ2) is 6.90. The highest BCUT2D eigenvalue weighted by Gasteiger charge is 2.52. The van der Waals surface area contributed by atoms with E-state index < -0.39 is 52.9 Å². The van der Waals surface area contributed by atoms with Crippen molar-refractivity contribution >= 4 is 28.2 Å². The van der Waals surface area contributed by atoms with Crippen molar-refractivity contribution in [3.8, 4) is 0 Å². The van der Waals surface area contributed by atoms with Crippen molar-refractivity contribution in [3.05, 3.63) is 11.5 Å². The molecule has 0 aromatic carbocycles. The Morgan fingerprint density at radius 1 is 1.15 bits per heavy atom. The third kappa shape index (κ3) is 3.93. The molecule has 3 heterocycles. The zero-order chi connectivity index (χ0) is 20.1. The lowest BCUT2D eigenvalue weighted by Crippen LogP contribution is -2.53. The Morgan fingerprint density at radius 2 is 1.81 bits per heavy atom. The number of phosphoric acid groups is 1. The molecule has 1 unspecified atom stereocenters. The number of fused-ring (bicyclic) bond motifs is 1. The molecule has 0 saturated carbocycles. The van der Waals surface area contributed by atoms with Crippen LogP contribution in [0.15, 0.2) is 21.5 Å². The van der Waals surface area contributed by atoms with Crippen molar-refractivity contribution in [3.63, 3.8) is 0 Å². The van der Waals surface area contributed by atoms with Gasteiger partial charge in [0.25, 0.3) is 0 Å². The fraction of sp³-hybridized carbons (Fsp3) is 0.600. The summed E-state index contributed by atoms with van der Waals surface area (Å²) in [6, 6.07) is 0. The number of phosphoric ester groups is 1. The molecule has 8 N–H and O–H groups in total. The molecule has 3 rings (SSSR count). The van der Waals surface area contributed by atoms with Crippen molar-refractivity contribution in [2.75, 3.05) is 6.61 Å². The second-order valence-electron chi connectivity index (χ2n) is 5.81. The molecule has 17 heteroatoms. The number of nitrogens with zero attached hydrogens (tertiary/aromatic N) is 4. The Balaban J connectivity index is 1.83. The van der Waals surface area contributed by atoms with Crippen LogP contribution in [0.25, 0.3) is 0 Å². The molecule has 152 valence electrons. The summed E-state index contributed by atoms with van der Waals surface area (Å²) in [6.45, 7) is -0.733. The summed E-state index contributed by atoms with van der Waals surface area (Å²) in [5.74, 6) is -0.113. The Labute approximate surface area is 151 Å². The molecule has 0 bridgehead atoms. The van der Waals surface area contributed by atoms with Crippen molar-refractivity contribution in [1.82, 2.24) is 9.57 Å². The van der Waals surface area contributed by atoms with Gasteiger partial charge in [0.15, 0.2) is 18.2 Å². The maximum absolute atomic E-state index is 11.7. The molecule has 5 atom stereocenters. The molecular weight excluding hydrogens is 412 g/mol. The molecule has 0 aromatic rings. The van der Waals surface area contributed by atoms with Crippen LogP contribution < -0.4 is 5.73 Å². The van der Waals surface area contributed by atoms with Gasteiger partial charge in [-0.05, 0) is 0 Å². The molecule has 3 aliphatic heterocycles. The van der Waals surface area contributed by atoms with Gasteiger partial charge in [0.2, 0.25) is 0 Å². The van der Waals surface area contributed by atoms with Gasteiger partial charge in [0.05, 0.1) is 12.9 Å². The van der Waals surface area contributed by atoms with Crippen molar-refractivity contribution in [2.45, 2.75) is 30.7 Å². The first-order valence-corrected chi connectivity index (χ1v) is 10.4. The maximum Gasteiger partial charge on any atom is 0.469 e. The average molecular weight is 429 g/mol. The lowest BCUT2D eigenvalue weighted by Gasteiger charge is -2.38. The van der Waals surface area contributed by atoms with Gasteiger partial charge < -0.3 is 45.2 Å². The number of aliphatic imine (C=N–C) groups is 2. The number of nitrogens with two attached hydrogens (primary N) is 1. The average Bonchev–Trinajstić information content (AvgIpc) is 3.08. The van der Waals surface area contributed by atoms with Crippen LogP contribution in [0.4, 0.5) is 0 Å². The molecule has 0 amide bonds. The third-order valence-electron chi connectivity index (χ3n) is 4.02. The summed E-state index contributed by atoms with van der Waals surface area (Å²) in [4.78, 5) is 45.2. The maximum atomic E-state index is 11.7. The summed E-state index contributed by atoms with van der Waals surface area (Å²) in [7, 11) is -9.69. The number of aliphatic hydroxyl groups excluding tert-OH is 2. The molecule has 0 aliphatic carbocycles. The highest BCUT2D eigenvalue weighted by molar-refractivity contribution is 7.49. The predicted octanol–water partition coefficient (Wildman–Crippen LogP) is -3.22. The lowest BCUT2D eigenvalue weighted by molar-refractivity contribution is -0.0827. The van der Waals surface area contributed by atoms with E-state index in [0.717, 1.165) is 17.6 Å². The van der Waals surface area contributed by atoms with Crippen LogP contribution >= 0.6 is 15.6 Å². The summed E-state index contributed by atoms with van der Waals surface area (Å²) in [5, 5.41) is 20.3. The largest absolute Gasteiger partial charge is 0.469 e. The van der Waals surface area contributed by atoms with Crippen molar-refractivity contribution in [2.24, 2.45) is 15.7 Å². The summed E-state index contributed by atoms with van der Waals surface area (Å²) < 4.78 is 32.8. The molecule has 0 radical (unpaired) electrons. The zero-order valence-electron chi connectivity index (χ0n) is 13.3. The minimum atomic E-state index is -4.86. The van der Waals surface area contributed by atoms with E-state index in [1.54, 1.807) is 0 Å². The minimum Gasteiger partial charge on any atom is -0.387 e. The monoisotopic (exact) mass is 429 g/mol. The second-order valence-corrected chi connectivity index (χ2v) is 8.53. The number of rotatable bonds is 5. The highest BCUT2D eigenvalue weighted by Crippen LogP contribution is 2.46. The predicted molar refractivity (Wildman–Crippen MR) is 86.4 cm³/mol. The minimum absolute atomic E-state index is 0.0129. The number of hydrogen-bond donors (Lipinski definition) is 7. The number of aliphatic hydroxyl groups is 2. The molecule has 1 saturated heterocycles. The van der Waals surface area contributed by atoms with Crippen LogP contribution in [0.2, 0.25) is 0 Å². The first-order valence-electron chi connectivity index (χ1n) is 7.31. The third-order valence-corrected chi connectivity index (χ3v) is 5.43. The quantitative estimate of drug-likeness (QED) is 0.213. The van der Waals surface area contributed by atoms with Gasteiger partial charge >= 0.3 is 15.6 Å². The van der Waals surface area contributed by atoms with Crippen LogP contribution in [0.3, 0.4) is 0 Å². The summed E-state index contributed by atoms with van der Waals surface area (Å²) in [6.07, 6.45) is -5.27. The van der Waals surface area contributed by atoms with Gasteiger partial charge in [0.1, 0.15) is 30.3 Å². The van der Waals surface area contributed by atoms with Gasteiger partial charge in [-0.15, -0.1) is 0 Å². The standard InChI is InChI=1S/C10H17N5O10P2/c11-8-5-9(15(3-13-8)26(18,19)20)14(2-12-5)10-7(17)6(16)4(25-10)1-24-27(21,22)23/h2-4,6-7,9-10,16-17H,1,11H2,(H2,18,19,20)(H2,21,22,23)/t4-,6-,7-,9?,10-/m1/s1. The smallest absolute Gasteiger partial charge is 0.387 e. The van der Waals surface area contributed by atoms with E-state index in [2.05, 4.69) is 14.5 Å². The highest BCUT2D eigenvalue weighted by atomic mass is 31.2. The lowest BCUT2D eigenvalue weighted by atomic mass is 10.1. The van der Waals surface area contributed by atoms with E-state index in [1.165, 1.54) is 0 Å². The number of ether oxygens (including phenoxy) is 1. The van der Waals surface area contributed by atoms with E-state index in [4.69, 9.17) is 20.3 Å². The molecule has 0 spiro atoms. The van der Waals surface area contributed by atoms with Gasteiger partial charge in [-0.3, -0.25) is 4.52 Å². The van der Waals surface area contributed by atoms with Crippen molar-refractivity contribution in [1.29, 1.82) is 0 Å². The van der Waals surface area contributed by atoms with E-state index in [9.17, 15) is 29.1 Å². The first-order chi connectivity index (χ1) is 12.4. The van der Waals surface area contributed by atoms with Gasteiger partial charge in [-0.2, -0.15) is 0 Å². The molecule has 0 aromatic heterocycles. The Bertz CT molecular complexity index is 791. The van der Waals surface area contributed by atoms with Gasteiger partial charge in [-0.25, -0.2) is 23.8 Å². The van der Waals surface area contributed by atoms with E-state index in [1.807, 2.05) is 0 Å². The molecule has 3 aliphatic rings. The van der Waals surface area contributed by atoms with E-state index in [-0.39, 0.29) is 11.5 Å². The SMILES string of the molecule is NC1=C2N=CN([C@@H]3O[C@H](COP(=O)(O)O)[C@@H](O)[C@H]3O)C2N(P(=O)(O)O)C=N1. The Kier molecular flexibility index (Phi) is 5.20. The molecule has 1 fully saturated rings. The molecular formula is C10H17N5O10P2. The van der Waals surface area contributed by atoms with Crippen LogP contribution in [-0.2, 0) is 18.4 Å². The Morgan fingerprint density at radius 3 is 2.41 bits per heavy atom. The molecule has 15 nitrogen and oxygen atoms in total. The van der Waals surface area contributed by atoms with Crippen molar-refractivity contribution < 1.29 is 48.2 Å². The van der Waals surface area contributed by atoms with Crippen LogP contribution in [0.1, 0.15) is 0 Å². The normalized spacial score (nSPS) is 33.9. The van der Waals surface area contributed by atoms with Gasteiger partial charge in [0, 0.05) is 0 Å². The van der Waals surface area contributed by atoms with E-state index in [0.29, 0.717) is 4.67 Å². The zero-order valence-corrected chi connectivity index (χ0v) is 15.1. The fourth-order valence-electron chi connectivity index (χ4n) is 2.81. The first kappa shape index (κ1) is 20.4. The topological polar surface area (TPSA) is 231 Å². The summed E-state index contributed by atoms with van der Waals surface area (Å²) >= 11 is 0. The van der Waals surface area contributed by atoms with Gasteiger partial charge in [-0.1, -0.05) is 0 Å². The van der Waals surface area contributed by atoms with Crippen LogP contribution in [0.5, 0.6) is 0 Å². The number of hydrogen-bond acceptors (Lipinski definition) is 10. The van der Waals surface area contributed by atoms with Crippen LogP contribution in [0, 0.1) is 0 Å². The molecule has 27 heavy (non-hydrogen) atoms.